The van der Waals surface area contributed by atoms with Crippen molar-refractivity contribution in [1.82, 2.24) is 9.62 Å². The first-order valence-electron chi connectivity index (χ1n) is 8.41. The summed E-state index contributed by atoms with van der Waals surface area (Å²) in [5.74, 6) is 0.375. The molecule has 8 heteroatoms. The Hall–Kier alpha value is -1.90. The fourth-order valence-corrected chi connectivity index (χ4v) is 5.10. The van der Waals surface area contributed by atoms with Crippen LogP contribution < -0.4 is 9.46 Å². The second-order valence-corrected chi connectivity index (χ2v) is 8.76. The highest BCUT2D eigenvalue weighted by Gasteiger charge is 2.34. The molecule has 1 fully saturated rings. The van der Waals surface area contributed by atoms with Crippen molar-refractivity contribution >= 4 is 27.3 Å². The van der Waals surface area contributed by atoms with E-state index in [1.54, 1.807) is 35.3 Å². The molecular weight excluding hydrogens is 372 g/mol. The molecule has 2 aromatic rings. The van der Waals surface area contributed by atoms with E-state index in [0.717, 1.165) is 18.4 Å². The number of ether oxygens (including phenoxy) is 1. The lowest BCUT2D eigenvalue weighted by atomic mass is 10.1. The van der Waals surface area contributed by atoms with E-state index < -0.39 is 16.1 Å². The van der Waals surface area contributed by atoms with Crippen molar-refractivity contribution < 1.29 is 17.9 Å². The van der Waals surface area contributed by atoms with Crippen LogP contribution in [0.25, 0.3) is 0 Å². The quantitative estimate of drug-likeness (QED) is 0.817. The van der Waals surface area contributed by atoms with Gasteiger partial charge in [-0.3, -0.25) is 4.79 Å². The fraction of sp³-hybridized carbons (Fsp3) is 0.389. The minimum Gasteiger partial charge on any atom is -0.497 e. The van der Waals surface area contributed by atoms with Gasteiger partial charge in [0, 0.05) is 6.54 Å². The molecule has 0 aliphatic carbocycles. The molecule has 3 rings (SSSR count). The number of likely N-dealkylation sites (tertiary alicyclic amines) is 1. The number of amides is 1. The molecule has 1 aliphatic rings. The maximum atomic E-state index is 12.8. The topological polar surface area (TPSA) is 75.7 Å². The third-order valence-electron chi connectivity index (χ3n) is 4.54. The van der Waals surface area contributed by atoms with Crippen molar-refractivity contribution in [2.45, 2.75) is 36.7 Å². The lowest BCUT2D eigenvalue weighted by molar-refractivity contribution is -0.133. The van der Waals surface area contributed by atoms with Crippen LogP contribution in [-0.4, -0.2) is 38.9 Å². The van der Waals surface area contributed by atoms with E-state index in [4.69, 9.17) is 4.74 Å². The number of carbonyl (C=O) groups excluding carboxylic acids is 1. The van der Waals surface area contributed by atoms with Crippen LogP contribution in [0.2, 0.25) is 0 Å². The Bertz CT molecular complexity index is 848. The number of nitrogens with one attached hydrogen (secondary N) is 1. The Kier molecular flexibility index (Phi) is 5.64. The van der Waals surface area contributed by atoms with Gasteiger partial charge < -0.3 is 9.64 Å². The van der Waals surface area contributed by atoms with E-state index in [1.165, 1.54) is 19.2 Å². The first-order chi connectivity index (χ1) is 12.4. The number of rotatable bonds is 6. The van der Waals surface area contributed by atoms with Crippen LogP contribution in [0.15, 0.2) is 46.0 Å². The average Bonchev–Trinajstić information content (AvgIpc) is 3.31. The molecule has 1 N–H and O–H groups in total. The van der Waals surface area contributed by atoms with E-state index in [0.29, 0.717) is 12.3 Å². The fourth-order valence-electron chi connectivity index (χ4n) is 3.20. The van der Waals surface area contributed by atoms with E-state index in [-0.39, 0.29) is 16.8 Å². The molecular formula is C18H22N2O4S2. The van der Waals surface area contributed by atoms with Crippen molar-refractivity contribution in [3.05, 3.63) is 46.7 Å². The molecule has 1 amide bonds. The van der Waals surface area contributed by atoms with Gasteiger partial charge in [-0.15, -0.1) is 0 Å². The number of carbonyl (C=O) groups is 1. The highest BCUT2D eigenvalue weighted by atomic mass is 32.2. The van der Waals surface area contributed by atoms with Gasteiger partial charge in [-0.1, -0.05) is 0 Å². The molecule has 0 spiro atoms. The Morgan fingerprint density at radius 3 is 2.65 bits per heavy atom. The van der Waals surface area contributed by atoms with Gasteiger partial charge >= 0.3 is 0 Å². The molecule has 1 aromatic heterocycles. The summed E-state index contributed by atoms with van der Waals surface area (Å²) in [5, 5.41) is 4.04. The molecule has 1 saturated heterocycles. The highest BCUT2D eigenvalue weighted by molar-refractivity contribution is 7.89. The predicted molar refractivity (Wildman–Crippen MR) is 101 cm³/mol. The molecule has 2 atom stereocenters. The van der Waals surface area contributed by atoms with E-state index >= 15 is 0 Å². The zero-order chi connectivity index (χ0) is 18.7. The molecule has 2 heterocycles. The van der Waals surface area contributed by atoms with Crippen molar-refractivity contribution in [3.63, 3.8) is 0 Å². The average molecular weight is 395 g/mol. The zero-order valence-corrected chi connectivity index (χ0v) is 16.3. The zero-order valence-electron chi connectivity index (χ0n) is 14.7. The van der Waals surface area contributed by atoms with Gasteiger partial charge in [-0.05, 0) is 66.4 Å². The Balaban J connectivity index is 1.71. The molecule has 0 bridgehead atoms. The van der Waals surface area contributed by atoms with E-state index in [2.05, 4.69) is 4.72 Å². The number of hydrogen-bond acceptors (Lipinski definition) is 5. The van der Waals surface area contributed by atoms with Crippen LogP contribution in [0.5, 0.6) is 5.75 Å². The number of methoxy groups -OCH3 is 1. The van der Waals surface area contributed by atoms with Gasteiger partial charge in [0.15, 0.2) is 0 Å². The van der Waals surface area contributed by atoms with Crippen LogP contribution >= 0.6 is 11.3 Å². The summed E-state index contributed by atoms with van der Waals surface area (Å²) in [7, 11) is -2.27. The predicted octanol–water partition coefficient (Wildman–Crippen LogP) is 2.79. The molecule has 1 unspecified atom stereocenters. The summed E-state index contributed by atoms with van der Waals surface area (Å²) in [6.07, 6.45) is 1.82. The minimum atomic E-state index is -3.78. The van der Waals surface area contributed by atoms with Gasteiger partial charge in [0.25, 0.3) is 0 Å². The summed E-state index contributed by atoms with van der Waals surface area (Å²) in [6, 6.07) is 7.29. The van der Waals surface area contributed by atoms with Gasteiger partial charge in [-0.2, -0.15) is 16.1 Å². The minimum absolute atomic E-state index is 0.0293. The summed E-state index contributed by atoms with van der Waals surface area (Å²) >= 11 is 1.60. The van der Waals surface area contributed by atoms with Crippen molar-refractivity contribution in [3.8, 4) is 5.75 Å². The molecule has 26 heavy (non-hydrogen) atoms. The second kappa shape index (κ2) is 7.77. The lowest BCUT2D eigenvalue weighted by Gasteiger charge is -2.27. The van der Waals surface area contributed by atoms with Crippen LogP contribution in [-0.2, 0) is 14.8 Å². The molecule has 1 aliphatic heterocycles. The summed E-state index contributed by atoms with van der Waals surface area (Å²) in [4.78, 5) is 14.7. The molecule has 140 valence electrons. The summed E-state index contributed by atoms with van der Waals surface area (Å²) < 4.78 is 32.6. The third kappa shape index (κ3) is 3.92. The van der Waals surface area contributed by atoms with Gasteiger partial charge in [0.05, 0.1) is 24.1 Å². The lowest BCUT2D eigenvalue weighted by Crippen LogP contribution is -2.46. The standard InChI is InChI=1S/C18H22N2O4S2/c1-13(19-26(22,23)16-7-5-15(24-2)6-8-16)18(21)20-10-3-4-17(20)14-9-11-25-12-14/h5-9,11-13,17,19H,3-4,10H2,1-2H3/t13-,17?/m0/s1. The van der Waals surface area contributed by atoms with Crippen LogP contribution in [0, 0.1) is 0 Å². The van der Waals surface area contributed by atoms with Crippen molar-refractivity contribution in [2.75, 3.05) is 13.7 Å². The molecule has 0 radical (unpaired) electrons. The number of thiophene rings is 1. The van der Waals surface area contributed by atoms with Gasteiger partial charge in [0.2, 0.25) is 15.9 Å². The SMILES string of the molecule is COc1ccc(S(=O)(=O)N[C@@H](C)C(=O)N2CCCC2c2ccsc2)cc1. The monoisotopic (exact) mass is 394 g/mol. The van der Waals surface area contributed by atoms with Crippen LogP contribution in [0.1, 0.15) is 31.4 Å². The van der Waals surface area contributed by atoms with Gasteiger partial charge in [-0.25, -0.2) is 8.42 Å². The van der Waals surface area contributed by atoms with E-state index in [1.807, 2.05) is 16.8 Å². The van der Waals surface area contributed by atoms with Crippen LogP contribution in [0.4, 0.5) is 0 Å². The van der Waals surface area contributed by atoms with Crippen LogP contribution in [0.3, 0.4) is 0 Å². The molecule has 1 aromatic carbocycles. The summed E-state index contributed by atoms with van der Waals surface area (Å²) in [5.41, 5.74) is 1.12. The Labute approximate surface area is 157 Å². The number of benzene rings is 1. The highest BCUT2D eigenvalue weighted by Crippen LogP contribution is 2.33. The van der Waals surface area contributed by atoms with E-state index in [9.17, 15) is 13.2 Å². The first kappa shape index (κ1) is 18.9. The van der Waals surface area contributed by atoms with Gasteiger partial charge in [0.1, 0.15) is 5.75 Å². The largest absolute Gasteiger partial charge is 0.497 e. The van der Waals surface area contributed by atoms with Crippen molar-refractivity contribution in [1.29, 1.82) is 0 Å². The maximum absolute atomic E-state index is 12.8. The third-order valence-corrected chi connectivity index (χ3v) is 6.79. The number of nitrogens with zero attached hydrogens (tertiary/aromatic N) is 1. The smallest absolute Gasteiger partial charge is 0.241 e. The number of sulfonamides is 1. The molecule has 0 saturated carbocycles. The first-order valence-corrected chi connectivity index (χ1v) is 10.8. The number of hydrogen-bond donors (Lipinski definition) is 1. The Morgan fingerprint density at radius 2 is 2.04 bits per heavy atom. The van der Waals surface area contributed by atoms with Crippen molar-refractivity contribution in [2.24, 2.45) is 0 Å². The molecule has 6 nitrogen and oxygen atoms in total. The maximum Gasteiger partial charge on any atom is 0.241 e. The second-order valence-electron chi connectivity index (χ2n) is 6.26. The summed E-state index contributed by atoms with van der Waals surface area (Å²) in [6.45, 7) is 2.24. The Morgan fingerprint density at radius 1 is 1.31 bits per heavy atom. The normalized spacial score (nSPS) is 18.7.